The number of amides is 2. The van der Waals surface area contributed by atoms with Crippen molar-refractivity contribution >= 4 is 24.2 Å². The molecule has 2 amide bonds. The van der Waals surface area contributed by atoms with E-state index in [9.17, 15) is 9.59 Å². The van der Waals surface area contributed by atoms with Gasteiger partial charge in [0.15, 0.2) is 0 Å². The lowest BCUT2D eigenvalue weighted by atomic mass is 9.83. The van der Waals surface area contributed by atoms with Crippen LogP contribution in [-0.4, -0.2) is 54.3 Å². The summed E-state index contributed by atoms with van der Waals surface area (Å²) in [7, 11) is 0. The lowest BCUT2D eigenvalue weighted by Gasteiger charge is -2.39. The van der Waals surface area contributed by atoms with Gasteiger partial charge in [0.25, 0.3) is 0 Å². The number of benzene rings is 1. The first-order valence-corrected chi connectivity index (χ1v) is 8.21. The summed E-state index contributed by atoms with van der Waals surface area (Å²) in [5.74, 6) is 0.0441. The minimum absolute atomic E-state index is 0. The van der Waals surface area contributed by atoms with Crippen LogP contribution in [0.25, 0.3) is 0 Å². The van der Waals surface area contributed by atoms with E-state index < -0.39 is 5.41 Å². The molecule has 6 heteroatoms. The van der Waals surface area contributed by atoms with Gasteiger partial charge in [0.2, 0.25) is 11.8 Å². The number of hydrogen-bond acceptors (Lipinski definition) is 3. The lowest BCUT2D eigenvalue weighted by molar-refractivity contribution is -0.144. The van der Waals surface area contributed by atoms with Gasteiger partial charge >= 0.3 is 0 Å². The maximum absolute atomic E-state index is 12.9. The quantitative estimate of drug-likeness (QED) is 0.895. The minimum Gasteiger partial charge on any atom is -0.339 e. The van der Waals surface area contributed by atoms with Crippen molar-refractivity contribution < 1.29 is 9.59 Å². The highest BCUT2D eigenvalue weighted by Crippen LogP contribution is 2.26. The average molecular weight is 354 g/mol. The molecule has 1 aromatic rings. The van der Waals surface area contributed by atoms with Gasteiger partial charge in [-0.25, -0.2) is 0 Å². The van der Waals surface area contributed by atoms with Gasteiger partial charge in [-0.2, -0.15) is 0 Å². The van der Waals surface area contributed by atoms with Gasteiger partial charge in [0, 0.05) is 38.6 Å². The first kappa shape index (κ1) is 20.5. The average Bonchev–Trinajstić information content (AvgIpc) is 2.60. The first-order chi connectivity index (χ1) is 10.9. The smallest absolute Gasteiger partial charge is 0.232 e. The standard InChI is InChI=1S/C18H27N3O2.ClH/c1-14(13-19)16(22)20-9-11-21(12-10-20)17(23)18(2,3)15-7-5-4-6-8-15;/h4-8,14H,9-13,19H2,1-3H3;1H. The van der Waals surface area contributed by atoms with Crippen LogP contribution in [-0.2, 0) is 15.0 Å². The van der Waals surface area contributed by atoms with Crippen LogP contribution in [0.5, 0.6) is 0 Å². The number of rotatable bonds is 4. The molecular formula is C18H28ClN3O2. The Hall–Kier alpha value is -1.59. The summed E-state index contributed by atoms with van der Waals surface area (Å²) < 4.78 is 0. The molecule has 0 spiro atoms. The predicted molar refractivity (Wildman–Crippen MR) is 98.1 cm³/mol. The maximum Gasteiger partial charge on any atom is 0.232 e. The van der Waals surface area contributed by atoms with Crippen molar-refractivity contribution in [3.63, 3.8) is 0 Å². The molecule has 0 aliphatic carbocycles. The van der Waals surface area contributed by atoms with Crippen LogP contribution in [0.3, 0.4) is 0 Å². The molecule has 1 atom stereocenters. The van der Waals surface area contributed by atoms with Gasteiger partial charge in [0.05, 0.1) is 5.41 Å². The van der Waals surface area contributed by atoms with Crippen molar-refractivity contribution in [2.45, 2.75) is 26.2 Å². The summed E-state index contributed by atoms with van der Waals surface area (Å²) in [4.78, 5) is 28.7. The zero-order chi connectivity index (χ0) is 17.0. The third kappa shape index (κ3) is 4.28. The number of nitrogens with two attached hydrogens (primary N) is 1. The highest BCUT2D eigenvalue weighted by Gasteiger charge is 2.35. The normalized spacial score (nSPS) is 16.3. The van der Waals surface area contributed by atoms with E-state index in [0.717, 1.165) is 5.56 Å². The van der Waals surface area contributed by atoms with E-state index in [-0.39, 0.29) is 30.1 Å². The molecule has 1 aliphatic heterocycles. The van der Waals surface area contributed by atoms with Gasteiger partial charge in [-0.3, -0.25) is 9.59 Å². The van der Waals surface area contributed by atoms with Gasteiger partial charge < -0.3 is 15.5 Å². The molecule has 1 unspecified atom stereocenters. The fourth-order valence-electron chi connectivity index (χ4n) is 2.92. The summed E-state index contributed by atoms with van der Waals surface area (Å²) in [6.07, 6.45) is 0. The molecule has 1 aromatic carbocycles. The Morgan fingerprint density at radius 1 is 1.08 bits per heavy atom. The van der Waals surface area contributed by atoms with Crippen LogP contribution in [0.15, 0.2) is 30.3 Å². The van der Waals surface area contributed by atoms with Crippen LogP contribution in [0, 0.1) is 5.92 Å². The molecule has 2 N–H and O–H groups in total. The van der Waals surface area contributed by atoms with Crippen molar-refractivity contribution in [3.8, 4) is 0 Å². The Morgan fingerprint density at radius 2 is 1.58 bits per heavy atom. The fraction of sp³-hybridized carbons (Fsp3) is 0.556. The maximum atomic E-state index is 12.9. The molecule has 0 bridgehead atoms. The van der Waals surface area contributed by atoms with Crippen molar-refractivity contribution in [2.24, 2.45) is 11.7 Å². The van der Waals surface area contributed by atoms with Crippen LogP contribution >= 0.6 is 12.4 Å². The molecular weight excluding hydrogens is 326 g/mol. The highest BCUT2D eigenvalue weighted by molar-refractivity contribution is 5.88. The monoisotopic (exact) mass is 353 g/mol. The molecule has 0 aromatic heterocycles. The third-order valence-electron chi connectivity index (χ3n) is 4.68. The second-order valence-electron chi connectivity index (χ2n) is 6.75. The second kappa shape index (κ2) is 8.49. The van der Waals surface area contributed by atoms with E-state index in [4.69, 9.17) is 5.73 Å². The SMILES string of the molecule is CC(CN)C(=O)N1CCN(C(=O)C(C)(C)c2ccccc2)CC1.Cl. The van der Waals surface area contributed by atoms with Gasteiger partial charge in [-0.15, -0.1) is 12.4 Å². The van der Waals surface area contributed by atoms with E-state index in [0.29, 0.717) is 32.7 Å². The molecule has 1 fully saturated rings. The van der Waals surface area contributed by atoms with E-state index in [2.05, 4.69) is 0 Å². The molecule has 5 nitrogen and oxygen atoms in total. The Labute approximate surface area is 150 Å². The Kier molecular flexibility index (Phi) is 7.24. The van der Waals surface area contributed by atoms with Gasteiger partial charge in [0.1, 0.15) is 0 Å². The van der Waals surface area contributed by atoms with E-state index in [1.807, 2.05) is 60.9 Å². The van der Waals surface area contributed by atoms with Crippen LogP contribution < -0.4 is 5.73 Å². The van der Waals surface area contributed by atoms with Crippen LogP contribution in [0.4, 0.5) is 0 Å². The molecule has 2 rings (SSSR count). The van der Waals surface area contributed by atoms with E-state index in [1.54, 1.807) is 0 Å². The van der Waals surface area contributed by atoms with Crippen molar-refractivity contribution in [3.05, 3.63) is 35.9 Å². The highest BCUT2D eigenvalue weighted by atomic mass is 35.5. The molecule has 1 aliphatic rings. The van der Waals surface area contributed by atoms with Crippen LogP contribution in [0.2, 0.25) is 0 Å². The van der Waals surface area contributed by atoms with E-state index in [1.165, 1.54) is 0 Å². The zero-order valence-corrected chi connectivity index (χ0v) is 15.5. The number of carbonyl (C=O) groups excluding carboxylic acids is 2. The summed E-state index contributed by atoms with van der Waals surface area (Å²) in [5.41, 5.74) is 6.02. The van der Waals surface area contributed by atoms with Gasteiger partial charge in [-0.1, -0.05) is 37.3 Å². The number of halogens is 1. The van der Waals surface area contributed by atoms with Crippen molar-refractivity contribution in [1.29, 1.82) is 0 Å². The summed E-state index contributed by atoms with van der Waals surface area (Å²) in [5, 5.41) is 0. The number of piperazine rings is 1. The Morgan fingerprint density at radius 3 is 2.08 bits per heavy atom. The van der Waals surface area contributed by atoms with Gasteiger partial charge in [-0.05, 0) is 19.4 Å². The van der Waals surface area contributed by atoms with Crippen molar-refractivity contribution in [2.75, 3.05) is 32.7 Å². The zero-order valence-electron chi connectivity index (χ0n) is 14.7. The molecule has 134 valence electrons. The number of hydrogen-bond donors (Lipinski definition) is 1. The fourth-order valence-corrected chi connectivity index (χ4v) is 2.92. The number of nitrogens with zero attached hydrogens (tertiary/aromatic N) is 2. The molecule has 0 radical (unpaired) electrons. The van der Waals surface area contributed by atoms with Crippen LogP contribution in [0.1, 0.15) is 26.3 Å². The second-order valence-corrected chi connectivity index (χ2v) is 6.75. The largest absolute Gasteiger partial charge is 0.339 e. The Bertz CT molecular complexity index is 555. The summed E-state index contributed by atoms with van der Waals surface area (Å²) >= 11 is 0. The summed E-state index contributed by atoms with van der Waals surface area (Å²) in [6.45, 7) is 8.45. The first-order valence-electron chi connectivity index (χ1n) is 8.21. The number of carbonyl (C=O) groups is 2. The predicted octanol–water partition coefficient (Wildman–Crippen LogP) is 1.65. The lowest BCUT2D eigenvalue weighted by Crippen LogP contribution is -2.55. The molecule has 1 saturated heterocycles. The molecule has 24 heavy (non-hydrogen) atoms. The Balaban J connectivity index is 0.00000288. The van der Waals surface area contributed by atoms with E-state index >= 15 is 0 Å². The molecule has 1 heterocycles. The summed E-state index contributed by atoms with van der Waals surface area (Å²) in [6, 6.07) is 9.83. The topological polar surface area (TPSA) is 66.6 Å². The van der Waals surface area contributed by atoms with Crippen molar-refractivity contribution in [1.82, 2.24) is 9.80 Å². The minimum atomic E-state index is -0.558. The molecule has 0 saturated carbocycles. The third-order valence-corrected chi connectivity index (χ3v) is 4.68.